The molecule has 0 unspecified atom stereocenters. The Balaban J connectivity index is 3.55. The maximum Gasteiger partial charge on any atom is 0.144 e. The van der Waals surface area contributed by atoms with Crippen molar-refractivity contribution in [3.8, 4) is 0 Å². The van der Waals surface area contributed by atoms with E-state index < -0.39 is 0 Å². The molecule has 0 aliphatic carbocycles. The Kier molecular flexibility index (Phi) is 9.55. The van der Waals surface area contributed by atoms with Crippen LogP contribution >= 0.6 is 0 Å². The van der Waals surface area contributed by atoms with E-state index in [9.17, 15) is 0 Å². The number of oxime groups is 1. The van der Waals surface area contributed by atoms with Crippen LogP contribution in [0.4, 0.5) is 0 Å². The molecule has 4 N–H and O–H groups in total. The molecule has 0 aliphatic heterocycles. The molecule has 0 atom stereocenters. The number of rotatable bonds is 11. The first-order chi connectivity index (χ1) is 8.94. The van der Waals surface area contributed by atoms with Gasteiger partial charge < -0.3 is 25.9 Å². The summed E-state index contributed by atoms with van der Waals surface area (Å²) < 4.78 is 5.02. The van der Waals surface area contributed by atoms with Crippen molar-refractivity contribution in [2.24, 2.45) is 16.3 Å². The van der Waals surface area contributed by atoms with E-state index in [-0.39, 0.29) is 5.41 Å². The van der Waals surface area contributed by atoms with E-state index in [0.29, 0.717) is 5.84 Å². The molecule has 0 spiro atoms. The topological polar surface area (TPSA) is 83.1 Å². The fraction of sp³-hybridized carbons (Fsp3) is 0.923. The minimum Gasteiger partial charge on any atom is -0.409 e. The van der Waals surface area contributed by atoms with Crippen molar-refractivity contribution in [1.82, 2.24) is 10.2 Å². The monoisotopic (exact) mass is 274 g/mol. The van der Waals surface area contributed by atoms with Gasteiger partial charge >= 0.3 is 0 Å². The van der Waals surface area contributed by atoms with E-state index in [1.807, 2.05) is 13.8 Å². The average Bonchev–Trinajstić information content (AvgIpc) is 2.39. The smallest absolute Gasteiger partial charge is 0.144 e. The Labute approximate surface area is 117 Å². The summed E-state index contributed by atoms with van der Waals surface area (Å²) in [7, 11) is 3.80. The third-order valence-corrected chi connectivity index (χ3v) is 3.30. The molecule has 0 aromatic rings. The second-order valence-electron chi connectivity index (χ2n) is 5.52. The summed E-state index contributed by atoms with van der Waals surface area (Å²) in [5.41, 5.74) is 5.39. The minimum absolute atomic E-state index is 0.244. The van der Waals surface area contributed by atoms with Crippen LogP contribution in [0.3, 0.4) is 0 Å². The first-order valence-corrected chi connectivity index (χ1v) is 6.80. The molecule has 0 saturated heterocycles. The van der Waals surface area contributed by atoms with Crippen LogP contribution in [-0.2, 0) is 4.74 Å². The van der Waals surface area contributed by atoms with Crippen molar-refractivity contribution in [2.45, 2.75) is 26.7 Å². The highest BCUT2D eigenvalue weighted by Gasteiger charge is 2.22. The lowest BCUT2D eigenvalue weighted by Crippen LogP contribution is -2.34. The molecule has 0 amide bonds. The summed E-state index contributed by atoms with van der Waals surface area (Å²) in [6, 6.07) is 0. The second-order valence-corrected chi connectivity index (χ2v) is 5.52. The maximum atomic E-state index is 8.67. The first-order valence-electron chi connectivity index (χ1n) is 6.80. The standard InChI is InChI=1S/C13H30N4O2/c1-13(2,12(14)16-18)6-5-7-15-8-9-17(3)10-11-19-4/h15,18H,5-11H2,1-4H3,(H2,14,16). The second kappa shape index (κ2) is 10.00. The van der Waals surface area contributed by atoms with E-state index in [0.717, 1.165) is 45.6 Å². The van der Waals surface area contributed by atoms with E-state index in [2.05, 4.69) is 22.4 Å². The van der Waals surface area contributed by atoms with Gasteiger partial charge in [-0.05, 0) is 26.4 Å². The van der Waals surface area contributed by atoms with Crippen LogP contribution in [-0.4, -0.2) is 62.9 Å². The lowest BCUT2D eigenvalue weighted by Gasteiger charge is -2.22. The molecule has 0 aliphatic rings. The Hall–Kier alpha value is -0.850. The maximum absolute atomic E-state index is 8.67. The number of nitrogens with two attached hydrogens (primary N) is 1. The summed E-state index contributed by atoms with van der Waals surface area (Å²) in [4.78, 5) is 2.23. The van der Waals surface area contributed by atoms with Crippen LogP contribution in [0, 0.1) is 5.41 Å². The molecule has 0 rings (SSSR count). The van der Waals surface area contributed by atoms with Gasteiger partial charge in [0.2, 0.25) is 0 Å². The third-order valence-electron chi connectivity index (χ3n) is 3.30. The summed E-state index contributed by atoms with van der Waals surface area (Å²) in [5.74, 6) is 0.298. The largest absolute Gasteiger partial charge is 0.409 e. The molecule has 0 bridgehead atoms. The molecule has 0 fully saturated rings. The zero-order valence-electron chi connectivity index (χ0n) is 12.8. The Morgan fingerprint density at radius 3 is 2.63 bits per heavy atom. The molecule has 114 valence electrons. The molecule has 0 aromatic heterocycles. The van der Waals surface area contributed by atoms with E-state index >= 15 is 0 Å². The first kappa shape index (κ1) is 18.1. The van der Waals surface area contributed by atoms with Crippen molar-refractivity contribution in [3.05, 3.63) is 0 Å². The van der Waals surface area contributed by atoms with Crippen LogP contribution in [0.1, 0.15) is 26.7 Å². The van der Waals surface area contributed by atoms with Crippen LogP contribution in [0.25, 0.3) is 0 Å². The van der Waals surface area contributed by atoms with Crippen molar-refractivity contribution >= 4 is 5.84 Å². The molecule has 0 heterocycles. The highest BCUT2D eigenvalue weighted by Crippen LogP contribution is 2.21. The Morgan fingerprint density at radius 2 is 2.05 bits per heavy atom. The number of methoxy groups -OCH3 is 1. The number of hydrogen-bond acceptors (Lipinski definition) is 5. The SMILES string of the molecule is COCCN(C)CCNCCCC(C)(C)C(N)=NO. The highest BCUT2D eigenvalue weighted by atomic mass is 16.5. The molecule has 6 heteroatoms. The van der Waals surface area contributed by atoms with Crippen LogP contribution in [0.2, 0.25) is 0 Å². The van der Waals surface area contributed by atoms with Gasteiger partial charge in [-0.3, -0.25) is 0 Å². The molecule has 6 nitrogen and oxygen atoms in total. The number of hydrogen-bond donors (Lipinski definition) is 3. The lowest BCUT2D eigenvalue weighted by molar-refractivity contribution is 0.161. The van der Waals surface area contributed by atoms with Crippen LogP contribution < -0.4 is 11.1 Å². The van der Waals surface area contributed by atoms with Gasteiger partial charge in [0.15, 0.2) is 0 Å². The average molecular weight is 274 g/mol. The van der Waals surface area contributed by atoms with Gasteiger partial charge in [-0.2, -0.15) is 0 Å². The zero-order chi connectivity index (χ0) is 14.7. The predicted molar refractivity (Wildman–Crippen MR) is 78.7 cm³/mol. The molecule has 19 heavy (non-hydrogen) atoms. The van der Waals surface area contributed by atoms with Gasteiger partial charge in [0, 0.05) is 32.2 Å². The summed E-state index contributed by atoms with van der Waals surface area (Å²) >= 11 is 0. The van der Waals surface area contributed by atoms with Crippen molar-refractivity contribution in [3.63, 3.8) is 0 Å². The summed E-state index contributed by atoms with van der Waals surface area (Å²) in [5, 5.41) is 15.2. The fourth-order valence-electron chi connectivity index (χ4n) is 1.67. The van der Waals surface area contributed by atoms with Crippen LogP contribution in [0.15, 0.2) is 5.16 Å². The van der Waals surface area contributed by atoms with Gasteiger partial charge in [0.1, 0.15) is 5.84 Å². The van der Waals surface area contributed by atoms with Gasteiger partial charge in [-0.25, -0.2) is 0 Å². The van der Waals surface area contributed by atoms with E-state index in [1.54, 1.807) is 7.11 Å². The van der Waals surface area contributed by atoms with Crippen molar-refractivity contribution in [1.29, 1.82) is 0 Å². The minimum atomic E-state index is -0.244. The lowest BCUT2D eigenvalue weighted by atomic mass is 9.86. The number of ether oxygens (including phenoxy) is 1. The fourth-order valence-corrected chi connectivity index (χ4v) is 1.67. The van der Waals surface area contributed by atoms with Crippen molar-refractivity contribution < 1.29 is 9.94 Å². The number of likely N-dealkylation sites (N-methyl/N-ethyl adjacent to an activating group) is 1. The van der Waals surface area contributed by atoms with Gasteiger partial charge in [0.05, 0.1) is 6.61 Å². The number of nitrogens with one attached hydrogen (secondary N) is 1. The Bertz CT molecular complexity index is 257. The van der Waals surface area contributed by atoms with Crippen LogP contribution in [0.5, 0.6) is 0 Å². The van der Waals surface area contributed by atoms with Gasteiger partial charge in [0.25, 0.3) is 0 Å². The molecule has 0 aromatic carbocycles. The number of amidine groups is 1. The summed E-state index contributed by atoms with van der Waals surface area (Å²) in [6.45, 7) is 8.61. The number of nitrogens with zero attached hydrogens (tertiary/aromatic N) is 2. The van der Waals surface area contributed by atoms with Gasteiger partial charge in [-0.15, -0.1) is 0 Å². The van der Waals surface area contributed by atoms with Crippen molar-refractivity contribution in [2.75, 3.05) is 46.9 Å². The van der Waals surface area contributed by atoms with E-state index in [4.69, 9.17) is 15.7 Å². The Morgan fingerprint density at radius 1 is 1.37 bits per heavy atom. The molecular formula is C13H30N4O2. The molecule has 0 radical (unpaired) electrons. The quantitative estimate of drug-likeness (QED) is 0.170. The summed E-state index contributed by atoms with van der Waals surface area (Å²) in [6.07, 6.45) is 1.90. The van der Waals surface area contributed by atoms with Gasteiger partial charge in [-0.1, -0.05) is 19.0 Å². The third kappa shape index (κ3) is 8.80. The highest BCUT2D eigenvalue weighted by molar-refractivity contribution is 5.85. The molecular weight excluding hydrogens is 244 g/mol. The molecule has 0 saturated carbocycles. The van der Waals surface area contributed by atoms with E-state index in [1.165, 1.54) is 0 Å². The zero-order valence-corrected chi connectivity index (χ0v) is 12.8. The predicted octanol–water partition coefficient (Wildman–Crippen LogP) is 0.707. The normalized spacial score (nSPS) is 13.2.